The molecule has 0 radical (unpaired) electrons. The van der Waals surface area contributed by atoms with Gasteiger partial charge in [0.25, 0.3) is 5.56 Å². The number of methoxy groups -OCH3 is 2. The van der Waals surface area contributed by atoms with Gasteiger partial charge in [-0.05, 0) is 65.6 Å². The van der Waals surface area contributed by atoms with Crippen molar-refractivity contribution in [2.75, 3.05) is 14.2 Å². The maximum absolute atomic E-state index is 13.8. The van der Waals surface area contributed by atoms with E-state index in [1.165, 1.54) is 11.1 Å². The van der Waals surface area contributed by atoms with Crippen LogP contribution in [0.2, 0.25) is 0 Å². The fraction of sp³-hybridized carbons (Fsp3) is 0.194. The van der Waals surface area contributed by atoms with E-state index in [1.54, 1.807) is 18.8 Å². The molecule has 0 saturated heterocycles. The van der Waals surface area contributed by atoms with E-state index in [0.717, 1.165) is 51.6 Å². The molecule has 0 amide bonds. The highest BCUT2D eigenvalue weighted by Crippen LogP contribution is 2.33. The quantitative estimate of drug-likeness (QED) is 0.317. The van der Waals surface area contributed by atoms with Gasteiger partial charge in [-0.3, -0.25) is 4.79 Å². The molecule has 0 saturated carbocycles. The third kappa shape index (κ3) is 4.40. The van der Waals surface area contributed by atoms with E-state index in [-0.39, 0.29) is 5.56 Å². The lowest BCUT2D eigenvalue weighted by Crippen LogP contribution is -2.21. The highest BCUT2D eigenvalue weighted by atomic mass is 16.5. The number of ether oxygens (including phenoxy) is 2. The van der Waals surface area contributed by atoms with Gasteiger partial charge in [0, 0.05) is 28.8 Å². The second kappa shape index (κ2) is 9.67. The number of aryl methyl sites for hydroxylation is 1. The predicted octanol–water partition coefficient (Wildman–Crippen LogP) is 6.78. The first-order chi connectivity index (χ1) is 17.1. The van der Waals surface area contributed by atoms with Crippen LogP contribution in [0.4, 0.5) is 0 Å². The van der Waals surface area contributed by atoms with Crippen molar-refractivity contribution in [3.05, 3.63) is 112 Å². The first-order valence-electron chi connectivity index (χ1n) is 11.9. The van der Waals surface area contributed by atoms with E-state index in [0.29, 0.717) is 12.3 Å². The minimum absolute atomic E-state index is 0.0163. The van der Waals surface area contributed by atoms with Crippen LogP contribution in [0.15, 0.2) is 89.9 Å². The Kier molecular flexibility index (Phi) is 6.28. The van der Waals surface area contributed by atoms with E-state index in [4.69, 9.17) is 9.47 Å². The monoisotopic (exact) mass is 463 g/mol. The number of allylic oxidation sites excluding steroid dienone is 4. The van der Waals surface area contributed by atoms with Crippen LogP contribution in [0.3, 0.4) is 0 Å². The third-order valence-corrected chi connectivity index (χ3v) is 6.68. The lowest BCUT2D eigenvalue weighted by atomic mass is 9.93. The Hall–Kier alpha value is -4.05. The van der Waals surface area contributed by atoms with Gasteiger partial charge in [0.2, 0.25) is 0 Å². The smallest absolute Gasteiger partial charge is 0.258 e. The Morgan fingerprint density at radius 1 is 0.886 bits per heavy atom. The summed E-state index contributed by atoms with van der Waals surface area (Å²) in [5.41, 5.74) is 6.48. The fourth-order valence-corrected chi connectivity index (χ4v) is 4.77. The topological polar surface area (TPSA) is 40.5 Å². The second-order valence-electron chi connectivity index (χ2n) is 8.87. The summed E-state index contributed by atoms with van der Waals surface area (Å²) < 4.78 is 12.7. The van der Waals surface area contributed by atoms with Crippen LogP contribution >= 0.6 is 0 Å². The van der Waals surface area contributed by atoms with E-state index >= 15 is 0 Å². The van der Waals surface area contributed by atoms with Gasteiger partial charge < -0.3 is 14.0 Å². The molecule has 0 aliphatic heterocycles. The van der Waals surface area contributed by atoms with Gasteiger partial charge in [-0.2, -0.15) is 0 Å². The summed E-state index contributed by atoms with van der Waals surface area (Å²) in [6, 6.07) is 20.3. The van der Waals surface area contributed by atoms with Crippen molar-refractivity contribution in [1.82, 2.24) is 4.57 Å². The number of fused-ring (bicyclic) bond motifs is 1. The molecular formula is C31H29NO3. The van der Waals surface area contributed by atoms with Crippen molar-refractivity contribution in [3.63, 3.8) is 0 Å². The normalized spacial score (nSPS) is 13.1. The van der Waals surface area contributed by atoms with Crippen molar-refractivity contribution in [3.8, 4) is 22.6 Å². The van der Waals surface area contributed by atoms with Crippen molar-refractivity contribution >= 4 is 16.3 Å². The third-order valence-electron chi connectivity index (χ3n) is 6.68. The first-order valence-corrected chi connectivity index (χ1v) is 11.9. The molecule has 4 heteroatoms. The number of rotatable bonds is 6. The molecule has 0 fully saturated rings. The van der Waals surface area contributed by atoms with Crippen LogP contribution in [0.25, 0.3) is 27.5 Å². The summed E-state index contributed by atoms with van der Waals surface area (Å²) in [6.45, 7) is 2.50. The molecule has 4 aromatic rings. The minimum Gasteiger partial charge on any atom is -0.497 e. The van der Waals surface area contributed by atoms with E-state index in [1.807, 2.05) is 42.6 Å². The summed E-state index contributed by atoms with van der Waals surface area (Å²) in [4.78, 5) is 13.8. The van der Waals surface area contributed by atoms with Crippen LogP contribution in [0.5, 0.6) is 11.5 Å². The van der Waals surface area contributed by atoms with Crippen molar-refractivity contribution in [2.24, 2.45) is 0 Å². The zero-order chi connectivity index (χ0) is 24.4. The van der Waals surface area contributed by atoms with Crippen molar-refractivity contribution in [1.29, 1.82) is 0 Å². The number of pyridine rings is 1. The van der Waals surface area contributed by atoms with Crippen LogP contribution in [-0.2, 0) is 6.54 Å². The van der Waals surface area contributed by atoms with Gasteiger partial charge in [0.1, 0.15) is 11.5 Å². The Bertz CT molecular complexity index is 1520. The highest BCUT2D eigenvalue weighted by Gasteiger charge is 2.15. The van der Waals surface area contributed by atoms with Crippen molar-refractivity contribution < 1.29 is 9.47 Å². The standard InChI is InChI=1S/C31H29NO3/c1-21-9-7-8-12-26(21)29-20-32(19-24-13-15-25(34-2)18-30(24)35-3)31(33)28-17-23(14-16-27(28)29)22-10-5-4-6-11-22/h5,7-18,20H,4,6,19H2,1-3H3. The lowest BCUT2D eigenvalue weighted by Gasteiger charge is -2.17. The maximum atomic E-state index is 13.8. The molecule has 1 heterocycles. The van der Waals surface area contributed by atoms with Crippen LogP contribution in [-0.4, -0.2) is 18.8 Å². The fourth-order valence-electron chi connectivity index (χ4n) is 4.77. The molecule has 0 unspecified atom stereocenters. The summed E-state index contributed by atoms with van der Waals surface area (Å²) in [5, 5.41) is 1.68. The van der Waals surface area contributed by atoms with Gasteiger partial charge in [-0.1, -0.05) is 54.6 Å². The molecular weight excluding hydrogens is 434 g/mol. The summed E-state index contributed by atoms with van der Waals surface area (Å²) in [5.74, 6) is 1.41. The van der Waals surface area contributed by atoms with Crippen molar-refractivity contribution in [2.45, 2.75) is 26.3 Å². The highest BCUT2D eigenvalue weighted by molar-refractivity contribution is 5.98. The molecule has 1 aliphatic carbocycles. The molecule has 0 spiro atoms. The molecule has 1 aromatic heterocycles. The maximum Gasteiger partial charge on any atom is 0.258 e. The molecule has 0 N–H and O–H groups in total. The largest absolute Gasteiger partial charge is 0.497 e. The molecule has 0 bridgehead atoms. The summed E-state index contributed by atoms with van der Waals surface area (Å²) in [7, 11) is 3.27. The number of nitrogens with zero attached hydrogens (tertiary/aromatic N) is 1. The number of aromatic nitrogens is 1. The van der Waals surface area contributed by atoms with Crippen LogP contribution in [0.1, 0.15) is 29.5 Å². The number of hydrogen-bond donors (Lipinski definition) is 0. The average molecular weight is 464 g/mol. The van der Waals surface area contributed by atoms with Crippen LogP contribution < -0.4 is 15.0 Å². The van der Waals surface area contributed by atoms with E-state index < -0.39 is 0 Å². The number of benzene rings is 3. The zero-order valence-electron chi connectivity index (χ0n) is 20.4. The summed E-state index contributed by atoms with van der Waals surface area (Å²) in [6.07, 6.45) is 10.6. The average Bonchev–Trinajstić information content (AvgIpc) is 2.91. The predicted molar refractivity (Wildman–Crippen MR) is 143 cm³/mol. The lowest BCUT2D eigenvalue weighted by molar-refractivity contribution is 0.390. The van der Waals surface area contributed by atoms with E-state index in [2.05, 4.69) is 49.4 Å². The minimum atomic E-state index is -0.0163. The molecule has 0 atom stereocenters. The van der Waals surface area contributed by atoms with E-state index in [9.17, 15) is 4.79 Å². The Morgan fingerprint density at radius 2 is 1.74 bits per heavy atom. The van der Waals surface area contributed by atoms with Gasteiger partial charge >= 0.3 is 0 Å². The molecule has 176 valence electrons. The molecule has 1 aliphatic rings. The molecule has 4 nitrogen and oxygen atoms in total. The molecule has 3 aromatic carbocycles. The SMILES string of the molecule is COc1ccc(Cn2cc(-c3ccccc3C)c3ccc(C4=CCCC=C4)cc3c2=O)c(OC)c1. The first kappa shape index (κ1) is 22.7. The Morgan fingerprint density at radius 3 is 2.49 bits per heavy atom. The zero-order valence-corrected chi connectivity index (χ0v) is 20.4. The second-order valence-corrected chi connectivity index (χ2v) is 8.87. The van der Waals surface area contributed by atoms with Gasteiger partial charge in [-0.25, -0.2) is 0 Å². The number of hydrogen-bond acceptors (Lipinski definition) is 3. The van der Waals surface area contributed by atoms with Gasteiger partial charge in [0.15, 0.2) is 0 Å². The molecule has 35 heavy (non-hydrogen) atoms. The van der Waals surface area contributed by atoms with Gasteiger partial charge in [-0.15, -0.1) is 0 Å². The van der Waals surface area contributed by atoms with Gasteiger partial charge in [0.05, 0.1) is 20.8 Å². The van der Waals surface area contributed by atoms with Crippen LogP contribution in [0, 0.1) is 6.92 Å². The Balaban J connectivity index is 1.72. The Labute approximate surface area is 205 Å². The summed E-state index contributed by atoms with van der Waals surface area (Å²) >= 11 is 0. The molecule has 5 rings (SSSR count).